The van der Waals surface area contributed by atoms with Gasteiger partial charge in [0.1, 0.15) is 17.5 Å². The Bertz CT molecular complexity index is 445. The SMILES string of the molecule is N#Cc1cnn(C2=CCCC=C2)c1N. The minimum absolute atomic E-state index is 0.408. The Morgan fingerprint density at radius 2 is 2.36 bits per heavy atom. The van der Waals surface area contributed by atoms with E-state index in [2.05, 4.69) is 17.3 Å². The van der Waals surface area contributed by atoms with Gasteiger partial charge in [0.2, 0.25) is 0 Å². The Morgan fingerprint density at radius 1 is 1.50 bits per heavy atom. The van der Waals surface area contributed by atoms with Crippen molar-refractivity contribution in [2.75, 3.05) is 5.73 Å². The van der Waals surface area contributed by atoms with Crippen LogP contribution in [0.2, 0.25) is 0 Å². The Labute approximate surface area is 81.9 Å². The molecule has 1 aromatic rings. The van der Waals surface area contributed by atoms with E-state index in [-0.39, 0.29) is 0 Å². The van der Waals surface area contributed by atoms with E-state index >= 15 is 0 Å². The number of anilines is 1. The average molecular weight is 186 g/mol. The quantitative estimate of drug-likeness (QED) is 0.723. The number of nitrogens with two attached hydrogens (primary N) is 1. The molecule has 0 spiro atoms. The first-order valence-corrected chi connectivity index (χ1v) is 4.43. The second-order valence-corrected chi connectivity index (χ2v) is 3.08. The molecule has 4 nitrogen and oxygen atoms in total. The zero-order chi connectivity index (χ0) is 9.97. The number of nitriles is 1. The summed E-state index contributed by atoms with van der Waals surface area (Å²) in [4.78, 5) is 0. The molecule has 0 amide bonds. The summed E-state index contributed by atoms with van der Waals surface area (Å²) in [6.07, 6.45) is 9.63. The first kappa shape index (κ1) is 8.57. The van der Waals surface area contributed by atoms with Crippen LogP contribution in [0, 0.1) is 11.3 Å². The fraction of sp³-hybridized carbons (Fsp3) is 0.200. The molecule has 0 atom stereocenters. The molecule has 0 fully saturated rings. The van der Waals surface area contributed by atoms with Crippen LogP contribution in [0.15, 0.2) is 24.4 Å². The number of aromatic nitrogens is 2. The summed E-state index contributed by atoms with van der Waals surface area (Å²) in [6.45, 7) is 0. The van der Waals surface area contributed by atoms with Gasteiger partial charge in [-0.2, -0.15) is 10.4 Å². The second kappa shape index (κ2) is 3.38. The topological polar surface area (TPSA) is 67.6 Å². The van der Waals surface area contributed by atoms with Crippen LogP contribution >= 0.6 is 0 Å². The first-order chi connectivity index (χ1) is 6.83. The third-order valence-electron chi connectivity index (χ3n) is 2.15. The lowest BCUT2D eigenvalue weighted by Crippen LogP contribution is -2.04. The summed E-state index contributed by atoms with van der Waals surface area (Å²) in [5, 5.41) is 12.8. The van der Waals surface area contributed by atoms with Crippen LogP contribution in [-0.2, 0) is 0 Å². The van der Waals surface area contributed by atoms with Crippen LogP contribution < -0.4 is 5.73 Å². The van der Waals surface area contributed by atoms with Crippen molar-refractivity contribution >= 4 is 11.5 Å². The van der Waals surface area contributed by atoms with Gasteiger partial charge < -0.3 is 5.73 Å². The van der Waals surface area contributed by atoms with E-state index in [1.54, 1.807) is 4.68 Å². The van der Waals surface area contributed by atoms with Gasteiger partial charge in [-0.25, -0.2) is 4.68 Å². The summed E-state index contributed by atoms with van der Waals surface area (Å²) < 4.78 is 1.59. The summed E-state index contributed by atoms with van der Waals surface area (Å²) in [6, 6.07) is 2.00. The van der Waals surface area contributed by atoms with E-state index in [9.17, 15) is 0 Å². The van der Waals surface area contributed by atoms with E-state index in [0.29, 0.717) is 11.4 Å². The van der Waals surface area contributed by atoms with Crippen molar-refractivity contribution in [2.45, 2.75) is 12.8 Å². The maximum absolute atomic E-state index is 8.71. The number of allylic oxidation sites excluding steroid dienone is 4. The number of hydrogen-bond donors (Lipinski definition) is 1. The molecular formula is C10H10N4. The molecule has 0 saturated heterocycles. The molecule has 14 heavy (non-hydrogen) atoms. The molecule has 0 aromatic carbocycles. The van der Waals surface area contributed by atoms with Crippen molar-refractivity contribution in [2.24, 2.45) is 0 Å². The van der Waals surface area contributed by atoms with E-state index in [4.69, 9.17) is 11.0 Å². The molecule has 1 aliphatic carbocycles. The van der Waals surface area contributed by atoms with Crippen LogP contribution in [0.1, 0.15) is 18.4 Å². The van der Waals surface area contributed by atoms with Crippen molar-refractivity contribution in [1.29, 1.82) is 5.26 Å². The summed E-state index contributed by atoms with van der Waals surface area (Å²) in [5.41, 5.74) is 7.11. The van der Waals surface area contributed by atoms with Gasteiger partial charge in [-0.3, -0.25) is 0 Å². The standard InChI is InChI=1S/C10H10N4/c11-6-8-7-13-14(10(8)12)9-4-2-1-3-5-9/h2,4-5,7H,1,3,12H2. The van der Waals surface area contributed by atoms with Crippen molar-refractivity contribution in [3.05, 3.63) is 30.0 Å². The smallest absolute Gasteiger partial charge is 0.145 e. The summed E-state index contributed by atoms with van der Waals surface area (Å²) >= 11 is 0. The van der Waals surface area contributed by atoms with Gasteiger partial charge in [-0.05, 0) is 18.9 Å². The minimum atomic E-state index is 0.408. The number of nitrogens with zero attached hydrogens (tertiary/aromatic N) is 3. The lowest BCUT2D eigenvalue weighted by Gasteiger charge is -2.08. The summed E-state index contributed by atoms with van der Waals surface area (Å²) in [5.74, 6) is 0.408. The number of nitrogen functional groups attached to an aromatic ring is 1. The molecule has 2 rings (SSSR count). The van der Waals surface area contributed by atoms with Gasteiger partial charge in [0, 0.05) is 0 Å². The van der Waals surface area contributed by atoms with E-state index in [0.717, 1.165) is 18.5 Å². The lowest BCUT2D eigenvalue weighted by atomic mass is 10.1. The Morgan fingerprint density at radius 3 is 2.93 bits per heavy atom. The second-order valence-electron chi connectivity index (χ2n) is 3.08. The molecule has 4 heteroatoms. The van der Waals surface area contributed by atoms with Crippen LogP contribution in [0.25, 0.3) is 5.70 Å². The van der Waals surface area contributed by atoms with E-state index < -0.39 is 0 Å². The molecular weight excluding hydrogens is 176 g/mol. The highest BCUT2D eigenvalue weighted by Crippen LogP contribution is 2.19. The van der Waals surface area contributed by atoms with Crippen molar-refractivity contribution < 1.29 is 0 Å². The predicted octanol–water partition coefficient (Wildman–Crippen LogP) is 1.53. The highest BCUT2D eigenvalue weighted by atomic mass is 15.3. The maximum Gasteiger partial charge on any atom is 0.145 e. The first-order valence-electron chi connectivity index (χ1n) is 4.43. The molecule has 1 aromatic heterocycles. The monoisotopic (exact) mass is 186 g/mol. The number of hydrogen-bond acceptors (Lipinski definition) is 3. The van der Waals surface area contributed by atoms with Gasteiger partial charge in [-0.1, -0.05) is 12.2 Å². The fourth-order valence-corrected chi connectivity index (χ4v) is 1.41. The molecule has 0 saturated carbocycles. The molecule has 1 heterocycles. The minimum Gasteiger partial charge on any atom is -0.382 e. The van der Waals surface area contributed by atoms with Crippen LogP contribution in [0.4, 0.5) is 5.82 Å². The summed E-state index contributed by atoms with van der Waals surface area (Å²) in [7, 11) is 0. The Kier molecular flexibility index (Phi) is 2.07. The van der Waals surface area contributed by atoms with E-state index in [1.807, 2.05) is 12.1 Å². The fourth-order valence-electron chi connectivity index (χ4n) is 1.41. The van der Waals surface area contributed by atoms with Crippen molar-refractivity contribution in [3.63, 3.8) is 0 Å². The van der Waals surface area contributed by atoms with Gasteiger partial charge in [0.15, 0.2) is 0 Å². The zero-order valence-corrected chi connectivity index (χ0v) is 7.64. The average Bonchev–Trinajstić information content (AvgIpc) is 2.61. The number of rotatable bonds is 1. The Balaban J connectivity index is 2.43. The molecule has 0 bridgehead atoms. The lowest BCUT2D eigenvalue weighted by molar-refractivity contribution is 0.898. The molecule has 0 radical (unpaired) electrons. The molecule has 0 unspecified atom stereocenters. The van der Waals surface area contributed by atoms with E-state index in [1.165, 1.54) is 6.20 Å². The zero-order valence-electron chi connectivity index (χ0n) is 7.64. The third-order valence-corrected chi connectivity index (χ3v) is 2.15. The highest BCUT2D eigenvalue weighted by molar-refractivity contribution is 5.64. The van der Waals surface area contributed by atoms with Crippen LogP contribution in [0.3, 0.4) is 0 Å². The van der Waals surface area contributed by atoms with Crippen LogP contribution in [0.5, 0.6) is 0 Å². The molecule has 1 aliphatic rings. The van der Waals surface area contributed by atoms with Gasteiger partial charge in [0.25, 0.3) is 0 Å². The largest absolute Gasteiger partial charge is 0.382 e. The van der Waals surface area contributed by atoms with Crippen molar-refractivity contribution in [3.8, 4) is 6.07 Å². The normalized spacial score (nSPS) is 14.9. The van der Waals surface area contributed by atoms with Gasteiger partial charge >= 0.3 is 0 Å². The Hall–Kier alpha value is -2.02. The third kappa shape index (κ3) is 1.29. The van der Waals surface area contributed by atoms with Crippen molar-refractivity contribution in [1.82, 2.24) is 9.78 Å². The van der Waals surface area contributed by atoms with Gasteiger partial charge in [0.05, 0.1) is 11.9 Å². The van der Waals surface area contributed by atoms with Crippen LogP contribution in [-0.4, -0.2) is 9.78 Å². The molecule has 0 aliphatic heterocycles. The highest BCUT2D eigenvalue weighted by Gasteiger charge is 2.09. The van der Waals surface area contributed by atoms with Gasteiger partial charge in [-0.15, -0.1) is 0 Å². The molecule has 70 valence electrons. The predicted molar refractivity (Wildman–Crippen MR) is 54.0 cm³/mol. The molecule has 2 N–H and O–H groups in total. The maximum atomic E-state index is 8.71.